The SMILES string of the molecule is C=C(NCC)Oc1ccc(-c2ccc(OCC(=O)NCC)c(S(=O)(=O)[O-])c2)cc1SOO[O-].[Na+].[Na+]. The van der Waals surface area contributed by atoms with Crippen molar-refractivity contribution in [2.45, 2.75) is 23.6 Å². The van der Waals surface area contributed by atoms with Crippen LogP contribution in [-0.4, -0.2) is 38.6 Å². The molecule has 2 aromatic rings. The Labute approximate surface area is 252 Å². The van der Waals surface area contributed by atoms with Gasteiger partial charge in [-0.15, -0.1) is 0 Å². The normalized spacial score (nSPS) is 10.4. The smallest absolute Gasteiger partial charge is 0.744 e. The maximum Gasteiger partial charge on any atom is 1.00 e. The summed E-state index contributed by atoms with van der Waals surface area (Å²) in [5.74, 6) is -0.179. The molecule has 11 nitrogen and oxygen atoms in total. The molecule has 0 bridgehead atoms. The molecule has 0 aliphatic heterocycles. The van der Waals surface area contributed by atoms with E-state index in [0.29, 0.717) is 41.2 Å². The van der Waals surface area contributed by atoms with Gasteiger partial charge in [0.15, 0.2) is 12.5 Å². The summed E-state index contributed by atoms with van der Waals surface area (Å²) in [5, 5.41) is 19.0. The van der Waals surface area contributed by atoms with Gasteiger partial charge in [-0.1, -0.05) is 12.1 Å². The second-order valence-corrected chi connectivity index (χ2v) is 8.38. The van der Waals surface area contributed by atoms with E-state index in [1.165, 1.54) is 18.2 Å². The van der Waals surface area contributed by atoms with Crippen molar-refractivity contribution in [2.75, 3.05) is 19.7 Å². The summed E-state index contributed by atoms with van der Waals surface area (Å²) in [6.07, 6.45) is 0. The van der Waals surface area contributed by atoms with Gasteiger partial charge in [-0.05, 0) is 55.8 Å². The summed E-state index contributed by atoms with van der Waals surface area (Å²) in [5.41, 5.74) is 0.810. The van der Waals surface area contributed by atoms with Crippen molar-refractivity contribution >= 4 is 28.1 Å². The minimum Gasteiger partial charge on any atom is -0.744 e. The van der Waals surface area contributed by atoms with Gasteiger partial charge in [0.05, 0.1) is 21.8 Å². The van der Waals surface area contributed by atoms with Gasteiger partial charge in [-0.25, -0.2) is 8.42 Å². The predicted octanol–water partition coefficient (Wildman–Crippen LogP) is -4.53. The average molecular weight is 545 g/mol. The number of rotatable bonds is 13. The van der Waals surface area contributed by atoms with E-state index in [1.54, 1.807) is 19.1 Å². The average Bonchev–Trinajstić information content (AvgIpc) is 2.76. The zero-order valence-corrected chi connectivity index (χ0v) is 25.4. The van der Waals surface area contributed by atoms with Crippen molar-refractivity contribution in [3.05, 3.63) is 48.9 Å². The Morgan fingerprint density at radius 3 is 2.20 bits per heavy atom. The molecule has 2 aromatic carbocycles. The number of nitrogens with one attached hydrogen (secondary N) is 2. The molecule has 0 aromatic heterocycles. The fourth-order valence-electron chi connectivity index (χ4n) is 2.65. The van der Waals surface area contributed by atoms with E-state index in [4.69, 9.17) is 9.47 Å². The third-order valence-corrected chi connectivity index (χ3v) is 5.46. The summed E-state index contributed by atoms with van der Waals surface area (Å²) in [6.45, 7) is 7.77. The first kappa shape index (κ1) is 34.2. The van der Waals surface area contributed by atoms with Crippen LogP contribution in [0.2, 0.25) is 0 Å². The molecule has 0 atom stereocenters. The van der Waals surface area contributed by atoms with Crippen molar-refractivity contribution < 1.29 is 101 Å². The van der Waals surface area contributed by atoms with Crippen molar-refractivity contribution in [3.63, 3.8) is 0 Å². The molecule has 0 saturated carbocycles. The van der Waals surface area contributed by atoms with Crippen molar-refractivity contribution in [2.24, 2.45) is 0 Å². The quantitative estimate of drug-likeness (QED) is 0.0625. The number of likely N-dealkylation sites (N-methyl/N-ethyl adjacent to an activating group) is 1. The van der Waals surface area contributed by atoms with Crippen LogP contribution in [0.15, 0.2) is 58.7 Å². The van der Waals surface area contributed by atoms with Crippen molar-refractivity contribution in [1.29, 1.82) is 0 Å². The largest absolute Gasteiger partial charge is 1.00 e. The third-order valence-electron chi connectivity index (χ3n) is 3.98. The van der Waals surface area contributed by atoms with E-state index in [9.17, 15) is 23.0 Å². The molecule has 15 heteroatoms. The summed E-state index contributed by atoms with van der Waals surface area (Å²) < 4.78 is 50.6. The Bertz CT molecular complexity index is 1100. The standard InChI is InChI=1S/C20H24N2O9S2.2Na/c1-4-21-13(3)29-16-8-6-14(10-18(16)32-31-30-24)15-7-9-17(19(11-15)33(25,26)27)28-12-20(23)22-5-2;;/h6-11,21,24H,3-5,12H2,1-2H3,(H,22,23)(H,25,26,27);;/q;2*+1/p-2. The molecule has 0 saturated heterocycles. The van der Waals surface area contributed by atoms with Gasteiger partial charge in [0.2, 0.25) is 0 Å². The van der Waals surface area contributed by atoms with Gasteiger partial charge < -0.3 is 29.9 Å². The topological polar surface area (TPSA) is 158 Å². The Morgan fingerprint density at radius 1 is 1.03 bits per heavy atom. The molecule has 0 fully saturated rings. The van der Waals surface area contributed by atoms with Crippen LogP contribution in [0.4, 0.5) is 0 Å². The third kappa shape index (κ3) is 11.0. The molecule has 0 heterocycles. The maximum atomic E-state index is 11.8. The second kappa shape index (κ2) is 16.8. The number of ether oxygens (including phenoxy) is 2. The van der Waals surface area contributed by atoms with Crippen LogP contribution in [0.5, 0.6) is 11.5 Å². The maximum absolute atomic E-state index is 11.8. The van der Waals surface area contributed by atoms with Gasteiger partial charge in [-0.3, -0.25) is 9.83 Å². The predicted molar refractivity (Wildman–Crippen MR) is 115 cm³/mol. The molecule has 0 aliphatic rings. The van der Waals surface area contributed by atoms with Gasteiger partial charge >= 0.3 is 59.1 Å². The zero-order valence-electron chi connectivity index (χ0n) is 19.8. The molecule has 0 unspecified atom stereocenters. The van der Waals surface area contributed by atoms with Crippen LogP contribution < -0.4 is 84.5 Å². The number of benzene rings is 2. The molecule has 2 N–H and O–H groups in total. The van der Waals surface area contributed by atoms with Gasteiger partial charge in [0.25, 0.3) is 5.91 Å². The first-order valence-corrected chi connectivity index (χ1v) is 11.7. The Balaban J connectivity index is 0.00000578. The molecule has 180 valence electrons. The minimum atomic E-state index is -4.92. The van der Waals surface area contributed by atoms with E-state index in [1.807, 2.05) is 6.92 Å². The first-order chi connectivity index (χ1) is 15.7. The number of carbonyl (C=O) groups excluding carboxylic acids is 1. The van der Waals surface area contributed by atoms with Crippen LogP contribution >= 0.6 is 12.0 Å². The molecule has 0 aliphatic carbocycles. The van der Waals surface area contributed by atoms with Crippen LogP contribution in [0.25, 0.3) is 11.1 Å². The molecule has 1 amide bonds. The fourth-order valence-corrected chi connectivity index (χ4v) is 3.76. The van der Waals surface area contributed by atoms with Gasteiger partial charge in [0.1, 0.15) is 21.6 Å². The Morgan fingerprint density at radius 2 is 1.63 bits per heavy atom. The van der Waals surface area contributed by atoms with Crippen LogP contribution in [0.3, 0.4) is 0 Å². The molecular weight excluding hydrogens is 522 g/mol. The summed E-state index contributed by atoms with van der Waals surface area (Å²) in [4.78, 5) is 11.3. The van der Waals surface area contributed by atoms with Crippen LogP contribution in [0, 0.1) is 0 Å². The zero-order chi connectivity index (χ0) is 24.4. The molecular formula is C20H22N2Na2O9S2. The van der Waals surface area contributed by atoms with Crippen LogP contribution in [-0.2, 0) is 24.3 Å². The monoisotopic (exact) mass is 544 g/mol. The number of hydrogen-bond donors (Lipinski definition) is 2. The van der Waals surface area contributed by atoms with E-state index >= 15 is 0 Å². The van der Waals surface area contributed by atoms with Crippen molar-refractivity contribution in [3.8, 4) is 22.6 Å². The first-order valence-electron chi connectivity index (χ1n) is 9.57. The molecule has 2 rings (SSSR count). The van der Waals surface area contributed by atoms with Gasteiger partial charge in [-0.2, -0.15) is 4.33 Å². The van der Waals surface area contributed by atoms with Gasteiger partial charge in [0, 0.05) is 13.1 Å². The van der Waals surface area contributed by atoms with E-state index in [-0.39, 0.29) is 76.5 Å². The Hall–Kier alpha value is -0.810. The van der Waals surface area contributed by atoms with E-state index < -0.39 is 27.5 Å². The summed E-state index contributed by atoms with van der Waals surface area (Å²) in [6, 6.07) is 8.59. The summed E-state index contributed by atoms with van der Waals surface area (Å²) in [7, 11) is -4.92. The number of amides is 1. The number of carbonyl (C=O) groups is 1. The van der Waals surface area contributed by atoms with E-state index in [2.05, 4.69) is 26.6 Å². The molecule has 35 heavy (non-hydrogen) atoms. The minimum absolute atomic E-state index is 0. The Kier molecular flexibility index (Phi) is 16.5. The fraction of sp³-hybridized carbons (Fsp3) is 0.250. The van der Waals surface area contributed by atoms with Crippen LogP contribution in [0.1, 0.15) is 13.8 Å². The molecule has 0 spiro atoms. The second-order valence-electron chi connectivity index (χ2n) is 6.29. The number of hydrogen-bond acceptors (Lipinski definition) is 11. The summed E-state index contributed by atoms with van der Waals surface area (Å²) >= 11 is 0.567. The molecule has 0 radical (unpaired) electrons. The van der Waals surface area contributed by atoms with E-state index in [0.717, 1.165) is 6.07 Å². The van der Waals surface area contributed by atoms with Crippen molar-refractivity contribution in [1.82, 2.24) is 10.6 Å².